The first-order valence-corrected chi connectivity index (χ1v) is 15.1. The molecule has 0 radical (unpaired) electrons. The highest BCUT2D eigenvalue weighted by atomic mass is 35.5. The fourth-order valence-electron chi connectivity index (χ4n) is 7.93. The molecule has 3 aliphatic heterocycles. The van der Waals surface area contributed by atoms with Gasteiger partial charge in [-0.15, -0.1) is 0 Å². The lowest BCUT2D eigenvalue weighted by Crippen LogP contribution is -2.59. The van der Waals surface area contributed by atoms with Crippen molar-refractivity contribution in [2.75, 3.05) is 5.32 Å². The summed E-state index contributed by atoms with van der Waals surface area (Å²) in [6.45, 7) is 6.71. The average Bonchev–Trinajstić information content (AvgIpc) is 3.56. The van der Waals surface area contributed by atoms with Crippen LogP contribution in [0.3, 0.4) is 0 Å². The highest BCUT2D eigenvalue weighted by molar-refractivity contribution is 6.30. The van der Waals surface area contributed by atoms with Gasteiger partial charge >= 0.3 is 0 Å². The van der Waals surface area contributed by atoms with Gasteiger partial charge in [0.1, 0.15) is 11.6 Å². The minimum atomic E-state index is -1.12. The molecule has 39 heavy (non-hydrogen) atoms. The number of halogens is 1. The molecule has 2 N–H and O–H groups in total. The molecule has 8 unspecified atom stereocenters. The first-order valence-electron chi connectivity index (χ1n) is 14.8. The van der Waals surface area contributed by atoms with Crippen molar-refractivity contribution >= 4 is 35.0 Å². The first kappa shape index (κ1) is 26.8. The SMILES string of the molecule is CC1CCC(N2C(=O)C3C(C(=O)Nc4ccc(Cl)cc4)C4C=CC3(O4)C2C(=O)NC2CCCC(C)C2C)CC1. The molecule has 210 valence electrons. The van der Waals surface area contributed by atoms with Gasteiger partial charge in [-0.1, -0.05) is 57.4 Å². The molecule has 2 saturated heterocycles. The molecule has 1 aromatic carbocycles. The van der Waals surface area contributed by atoms with Gasteiger partial charge in [-0.2, -0.15) is 0 Å². The Morgan fingerprint density at radius 3 is 2.44 bits per heavy atom. The average molecular weight is 554 g/mol. The zero-order chi connectivity index (χ0) is 27.5. The van der Waals surface area contributed by atoms with Crippen LogP contribution in [0.25, 0.3) is 0 Å². The van der Waals surface area contributed by atoms with Gasteiger partial charge in [-0.05, 0) is 74.1 Å². The molecule has 3 amide bonds. The molecule has 2 saturated carbocycles. The Morgan fingerprint density at radius 2 is 1.72 bits per heavy atom. The highest BCUT2D eigenvalue weighted by Crippen LogP contribution is 2.56. The molecule has 5 aliphatic rings. The molecular formula is C31H40ClN3O4. The summed E-state index contributed by atoms with van der Waals surface area (Å²) in [6.07, 6.45) is 10.2. The number of benzene rings is 1. The molecule has 8 atom stereocenters. The van der Waals surface area contributed by atoms with Crippen molar-refractivity contribution in [3.63, 3.8) is 0 Å². The number of anilines is 1. The van der Waals surface area contributed by atoms with Crippen LogP contribution in [0, 0.1) is 29.6 Å². The first-order chi connectivity index (χ1) is 18.7. The van der Waals surface area contributed by atoms with Crippen molar-refractivity contribution in [2.24, 2.45) is 29.6 Å². The van der Waals surface area contributed by atoms with Crippen LogP contribution >= 0.6 is 11.6 Å². The van der Waals surface area contributed by atoms with Crippen molar-refractivity contribution in [1.29, 1.82) is 0 Å². The van der Waals surface area contributed by atoms with E-state index in [4.69, 9.17) is 16.3 Å². The van der Waals surface area contributed by atoms with E-state index >= 15 is 0 Å². The third-order valence-electron chi connectivity index (χ3n) is 10.4. The Hall–Kier alpha value is -2.38. The van der Waals surface area contributed by atoms with Crippen LogP contribution in [0.4, 0.5) is 5.69 Å². The Labute approximate surface area is 236 Å². The van der Waals surface area contributed by atoms with E-state index in [0.717, 1.165) is 38.5 Å². The van der Waals surface area contributed by atoms with Gasteiger partial charge in [-0.3, -0.25) is 14.4 Å². The summed E-state index contributed by atoms with van der Waals surface area (Å²) < 4.78 is 6.54. The number of nitrogens with zero attached hydrogens (tertiary/aromatic N) is 1. The van der Waals surface area contributed by atoms with Gasteiger partial charge in [0.05, 0.1) is 17.9 Å². The van der Waals surface area contributed by atoms with Crippen molar-refractivity contribution in [1.82, 2.24) is 10.2 Å². The van der Waals surface area contributed by atoms with Gasteiger partial charge in [-0.25, -0.2) is 0 Å². The van der Waals surface area contributed by atoms with Crippen LogP contribution in [0.5, 0.6) is 0 Å². The van der Waals surface area contributed by atoms with Crippen molar-refractivity contribution in [3.8, 4) is 0 Å². The number of carbonyl (C=O) groups excluding carboxylic acids is 3. The number of carbonyl (C=O) groups is 3. The van der Waals surface area contributed by atoms with Crippen LogP contribution < -0.4 is 10.6 Å². The van der Waals surface area contributed by atoms with Crippen LogP contribution in [0.2, 0.25) is 5.02 Å². The predicted molar refractivity (Wildman–Crippen MR) is 150 cm³/mol. The second-order valence-electron chi connectivity index (χ2n) is 12.7. The zero-order valence-electron chi connectivity index (χ0n) is 23.1. The molecular weight excluding hydrogens is 514 g/mol. The fraction of sp³-hybridized carbons (Fsp3) is 0.645. The number of likely N-dealkylation sites (tertiary alicyclic amines) is 1. The Kier molecular flexibility index (Phi) is 7.03. The van der Waals surface area contributed by atoms with Gasteiger partial charge in [0.2, 0.25) is 17.7 Å². The summed E-state index contributed by atoms with van der Waals surface area (Å²) in [7, 11) is 0. The third-order valence-corrected chi connectivity index (χ3v) is 10.6. The molecule has 0 aromatic heterocycles. The number of fused-ring (bicyclic) bond motifs is 1. The van der Waals surface area contributed by atoms with E-state index in [1.807, 2.05) is 17.1 Å². The zero-order valence-corrected chi connectivity index (χ0v) is 23.8. The molecule has 2 bridgehead atoms. The largest absolute Gasteiger partial charge is 0.359 e. The normalized spacial score (nSPS) is 41.0. The molecule has 1 spiro atoms. The monoisotopic (exact) mass is 553 g/mol. The van der Waals surface area contributed by atoms with E-state index in [1.165, 1.54) is 6.42 Å². The maximum Gasteiger partial charge on any atom is 0.246 e. The summed E-state index contributed by atoms with van der Waals surface area (Å²) in [4.78, 5) is 44.0. The number of ether oxygens (including phenoxy) is 1. The lowest BCUT2D eigenvalue weighted by molar-refractivity contribution is -0.145. The van der Waals surface area contributed by atoms with E-state index in [9.17, 15) is 14.4 Å². The summed E-state index contributed by atoms with van der Waals surface area (Å²) in [5.41, 5.74) is -0.510. The summed E-state index contributed by atoms with van der Waals surface area (Å²) >= 11 is 6.02. The number of hydrogen-bond acceptors (Lipinski definition) is 4. The topological polar surface area (TPSA) is 87.7 Å². The minimum absolute atomic E-state index is 0.0249. The molecule has 3 heterocycles. The molecule has 1 aromatic rings. The van der Waals surface area contributed by atoms with Gasteiger partial charge in [0, 0.05) is 22.8 Å². The maximum atomic E-state index is 14.3. The molecule has 7 nitrogen and oxygen atoms in total. The standard InChI is InChI=1S/C31H40ClN3O4/c1-17-7-13-22(14-8-17)35-27(29(37)34-23-6-4-5-18(2)19(23)3)31-16-15-24(39-31)25(26(31)30(35)38)28(36)33-21-11-9-20(32)10-12-21/h9-12,15-19,22-27H,4-8,13-14H2,1-3H3,(H,33,36)(H,34,37). The van der Waals surface area contributed by atoms with E-state index in [0.29, 0.717) is 28.5 Å². The maximum absolute atomic E-state index is 14.3. The predicted octanol–water partition coefficient (Wildman–Crippen LogP) is 4.95. The van der Waals surface area contributed by atoms with Crippen LogP contribution in [0.1, 0.15) is 65.7 Å². The van der Waals surface area contributed by atoms with Gasteiger partial charge < -0.3 is 20.3 Å². The Morgan fingerprint density at radius 1 is 1.00 bits per heavy atom. The number of nitrogens with one attached hydrogen (secondary N) is 2. The lowest BCUT2D eigenvalue weighted by Gasteiger charge is -2.41. The highest BCUT2D eigenvalue weighted by Gasteiger charge is 2.73. The fourth-order valence-corrected chi connectivity index (χ4v) is 8.05. The van der Waals surface area contributed by atoms with E-state index in [2.05, 4.69) is 31.4 Å². The minimum Gasteiger partial charge on any atom is -0.359 e. The summed E-state index contributed by atoms with van der Waals surface area (Å²) in [5.74, 6) is -0.435. The van der Waals surface area contributed by atoms with Gasteiger partial charge in [0.15, 0.2) is 0 Å². The molecule has 2 aliphatic carbocycles. The van der Waals surface area contributed by atoms with Crippen molar-refractivity contribution < 1.29 is 19.1 Å². The number of rotatable bonds is 5. The lowest BCUT2D eigenvalue weighted by atomic mass is 9.73. The summed E-state index contributed by atoms with van der Waals surface area (Å²) in [5, 5.41) is 6.90. The Bertz CT molecular complexity index is 1160. The second-order valence-corrected chi connectivity index (χ2v) is 13.2. The number of hydrogen-bond donors (Lipinski definition) is 2. The quantitative estimate of drug-likeness (QED) is 0.505. The van der Waals surface area contributed by atoms with E-state index < -0.39 is 29.6 Å². The smallest absolute Gasteiger partial charge is 0.246 e. The number of amides is 3. The second kappa shape index (κ2) is 10.2. The van der Waals surface area contributed by atoms with Crippen LogP contribution in [0.15, 0.2) is 36.4 Å². The molecule has 8 heteroatoms. The van der Waals surface area contributed by atoms with Crippen LogP contribution in [-0.4, -0.2) is 52.5 Å². The third kappa shape index (κ3) is 4.50. The van der Waals surface area contributed by atoms with Crippen molar-refractivity contribution in [3.05, 3.63) is 41.4 Å². The Balaban J connectivity index is 1.31. The molecule has 4 fully saturated rings. The van der Waals surface area contributed by atoms with Gasteiger partial charge in [0.25, 0.3) is 0 Å². The molecule has 6 rings (SSSR count). The summed E-state index contributed by atoms with van der Waals surface area (Å²) in [6, 6.07) is 6.21. The van der Waals surface area contributed by atoms with Crippen LogP contribution in [-0.2, 0) is 19.1 Å². The van der Waals surface area contributed by atoms with Crippen molar-refractivity contribution in [2.45, 2.75) is 95.5 Å². The van der Waals surface area contributed by atoms with E-state index in [1.54, 1.807) is 24.3 Å². The van der Waals surface area contributed by atoms with E-state index in [-0.39, 0.29) is 29.8 Å².